The lowest BCUT2D eigenvalue weighted by Gasteiger charge is -1.98. The van der Waals surface area contributed by atoms with Crippen molar-refractivity contribution < 1.29 is 14.7 Å². The van der Waals surface area contributed by atoms with E-state index in [-0.39, 0.29) is 17.3 Å². The van der Waals surface area contributed by atoms with Crippen LogP contribution in [0.4, 0.5) is 0 Å². The topological polar surface area (TPSA) is 58.9 Å². The predicted octanol–water partition coefficient (Wildman–Crippen LogP) is 2.54. The lowest BCUT2D eigenvalue weighted by atomic mass is 10.1. The molecule has 0 aromatic heterocycles. The molecule has 0 aromatic carbocycles. The molecule has 1 aliphatic carbocycles. The van der Waals surface area contributed by atoms with Crippen LogP contribution in [0, 0.1) is 17.3 Å². The van der Waals surface area contributed by atoms with Crippen molar-refractivity contribution in [1.29, 1.82) is 0 Å². The van der Waals surface area contributed by atoms with E-state index >= 15 is 0 Å². The molecule has 1 saturated carbocycles. The van der Waals surface area contributed by atoms with Crippen molar-refractivity contribution in [3.05, 3.63) is 0 Å². The number of unbranched alkanes of at least 4 members (excludes halogenated alkanes) is 2. The SMILES string of the molecule is CCCCCON=C[C@H]1[C@@H](C(=O)O)C1(C)C. The Labute approximate surface area is 96.7 Å². The molecule has 0 amide bonds. The van der Waals surface area contributed by atoms with E-state index < -0.39 is 5.97 Å². The summed E-state index contributed by atoms with van der Waals surface area (Å²) in [6.07, 6.45) is 4.95. The van der Waals surface area contributed by atoms with Gasteiger partial charge in [-0.25, -0.2) is 0 Å². The van der Waals surface area contributed by atoms with E-state index in [9.17, 15) is 4.79 Å². The number of hydrogen-bond acceptors (Lipinski definition) is 3. The van der Waals surface area contributed by atoms with Crippen molar-refractivity contribution in [2.75, 3.05) is 6.61 Å². The molecule has 2 atom stereocenters. The molecule has 1 rings (SSSR count). The molecule has 0 bridgehead atoms. The minimum absolute atomic E-state index is 0.0103. The van der Waals surface area contributed by atoms with E-state index in [1.165, 1.54) is 0 Å². The van der Waals surface area contributed by atoms with Crippen molar-refractivity contribution in [3.8, 4) is 0 Å². The van der Waals surface area contributed by atoms with Crippen LogP contribution in [0.1, 0.15) is 40.0 Å². The number of aliphatic carboxylic acids is 1. The van der Waals surface area contributed by atoms with Gasteiger partial charge in [-0.2, -0.15) is 0 Å². The molecule has 92 valence electrons. The Morgan fingerprint density at radius 1 is 1.50 bits per heavy atom. The third-order valence-corrected chi connectivity index (χ3v) is 3.31. The van der Waals surface area contributed by atoms with Gasteiger partial charge in [0.15, 0.2) is 0 Å². The summed E-state index contributed by atoms with van der Waals surface area (Å²) in [5.74, 6) is -1.04. The molecule has 0 unspecified atom stereocenters. The Kier molecular flexibility index (Phi) is 4.33. The van der Waals surface area contributed by atoms with Gasteiger partial charge in [0.1, 0.15) is 6.61 Å². The lowest BCUT2D eigenvalue weighted by molar-refractivity contribution is -0.139. The lowest BCUT2D eigenvalue weighted by Crippen LogP contribution is -2.03. The average Bonchev–Trinajstić information content (AvgIpc) is 2.74. The first-order valence-corrected chi connectivity index (χ1v) is 5.90. The van der Waals surface area contributed by atoms with Crippen LogP contribution in [0.3, 0.4) is 0 Å². The quantitative estimate of drug-likeness (QED) is 0.413. The van der Waals surface area contributed by atoms with E-state index in [1.807, 2.05) is 13.8 Å². The second-order valence-corrected chi connectivity index (χ2v) is 4.96. The van der Waals surface area contributed by atoms with Crippen LogP contribution in [0.2, 0.25) is 0 Å². The zero-order valence-electron chi connectivity index (χ0n) is 10.3. The highest BCUT2D eigenvalue weighted by Gasteiger charge is 2.61. The Bertz CT molecular complexity index is 273. The molecular weight excluding hydrogens is 206 g/mol. The molecule has 0 heterocycles. The number of carboxylic acid groups (broad SMARTS) is 1. The van der Waals surface area contributed by atoms with Crippen molar-refractivity contribution in [2.45, 2.75) is 40.0 Å². The molecule has 0 aliphatic heterocycles. The normalized spacial score (nSPS) is 26.9. The fourth-order valence-electron chi connectivity index (χ4n) is 2.01. The first-order valence-electron chi connectivity index (χ1n) is 5.90. The van der Waals surface area contributed by atoms with Crippen molar-refractivity contribution >= 4 is 12.2 Å². The van der Waals surface area contributed by atoms with Gasteiger partial charge in [-0.3, -0.25) is 4.79 Å². The summed E-state index contributed by atoms with van der Waals surface area (Å²) in [5, 5.41) is 12.8. The summed E-state index contributed by atoms with van der Waals surface area (Å²) in [6.45, 7) is 6.64. The minimum atomic E-state index is -0.743. The molecule has 4 nitrogen and oxygen atoms in total. The Balaban J connectivity index is 2.23. The van der Waals surface area contributed by atoms with Gasteiger partial charge in [0.05, 0.1) is 5.92 Å². The second-order valence-electron chi connectivity index (χ2n) is 4.96. The highest BCUT2D eigenvalue weighted by Crippen LogP contribution is 2.57. The van der Waals surface area contributed by atoms with E-state index in [0.29, 0.717) is 6.61 Å². The first kappa shape index (κ1) is 13.0. The van der Waals surface area contributed by atoms with Crippen LogP contribution in [0.5, 0.6) is 0 Å². The standard InChI is InChI=1S/C12H21NO3/c1-4-5-6-7-16-13-8-9-10(11(14)15)12(9,2)3/h8-10H,4-7H2,1-3H3,(H,14,15)/t9-,10-/m0/s1. The maximum atomic E-state index is 10.9. The summed E-state index contributed by atoms with van der Waals surface area (Å²) in [7, 11) is 0. The van der Waals surface area contributed by atoms with Crippen LogP contribution in [0.15, 0.2) is 5.16 Å². The summed E-state index contributed by atoms with van der Waals surface area (Å²) in [4.78, 5) is 15.9. The van der Waals surface area contributed by atoms with E-state index in [1.54, 1.807) is 6.21 Å². The van der Waals surface area contributed by atoms with Crippen LogP contribution in [-0.2, 0) is 9.63 Å². The molecule has 0 aromatic rings. The summed E-state index contributed by atoms with van der Waals surface area (Å²) >= 11 is 0. The van der Waals surface area contributed by atoms with Crippen molar-refractivity contribution in [2.24, 2.45) is 22.4 Å². The fourth-order valence-corrected chi connectivity index (χ4v) is 2.01. The number of carbonyl (C=O) groups is 1. The molecule has 16 heavy (non-hydrogen) atoms. The number of hydrogen-bond donors (Lipinski definition) is 1. The second kappa shape index (κ2) is 5.32. The third kappa shape index (κ3) is 2.97. The zero-order valence-corrected chi connectivity index (χ0v) is 10.3. The third-order valence-electron chi connectivity index (χ3n) is 3.31. The number of rotatable bonds is 7. The van der Waals surface area contributed by atoms with Gasteiger partial charge in [0, 0.05) is 12.1 Å². The highest BCUT2D eigenvalue weighted by atomic mass is 16.6. The smallest absolute Gasteiger partial charge is 0.307 e. The van der Waals surface area contributed by atoms with Gasteiger partial charge in [-0.05, 0) is 11.8 Å². The number of carboxylic acids is 1. The molecular formula is C12H21NO3. The van der Waals surface area contributed by atoms with Crippen LogP contribution in [0.25, 0.3) is 0 Å². The van der Waals surface area contributed by atoms with Gasteiger partial charge in [-0.1, -0.05) is 38.8 Å². The van der Waals surface area contributed by atoms with Crippen molar-refractivity contribution in [3.63, 3.8) is 0 Å². The molecule has 0 spiro atoms. The van der Waals surface area contributed by atoms with Crippen LogP contribution < -0.4 is 0 Å². The monoisotopic (exact) mass is 227 g/mol. The number of oxime groups is 1. The van der Waals surface area contributed by atoms with Gasteiger partial charge in [-0.15, -0.1) is 0 Å². The molecule has 4 heteroatoms. The molecule has 1 aliphatic rings. The van der Waals surface area contributed by atoms with Gasteiger partial charge >= 0.3 is 5.97 Å². The van der Waals surface area contributed by atoms with Gasteiger partial charge < -0.3 is 9.94 Å². The fraction of sp³-hybridized carbons (Fsp3) is 0.833. The van der Waals surface area contributed by atoms with Crippen LogP contribution >= 0.6 is 0 Å². The maximum absolute atomic E-state index is 10.9. The summed E-state index contributed by atoms with van der Waals surface area (Å²) in [6, 6.07) is 0. The van der Waals surface area contributed by atoms with Crippen molar-refractivity contribution in [1.82, 2.24) is 0 Å². The zero-order chi connectivity index (χ0) is 12.2. The Hall–Kier alpha value is -1.06. The summed E-state index contributed by atoms with van der Waals surface area (Å²) < 4.78 is 0. The van der Waals surface area contributed by atoms with E-state index in [4.69, 9.17) is 9.94 Å². The van der Waals surface area contributed by atoms with E-state index in [0.717, 1.165) is 19.3 Å². The Morgan fingerprint density at radius 2 is 2.19 bits per heavy atom. The van der Waals surface area contributed by atoms with E-state index in [2.05, 4.69) is 12.1 Å². The molecule has 1 N–H and O–H groups in total. The van der Waals surface area contributed by atoms with Gasteiger partial charge in [0.25, 0.3) is 0 Å². The summed E-state index contributed by atoms with van der Waals surface area (Å²) in [5.41, 5.74) is -0.178. The number of nitrogens with zero attached hydrogens (tertiary/aromatic N) is 1. The first-order chi connectivity index (χ1) is 7.51. The molecule has 0 radical (unpaired) electrons. The average molecular weight is 227 g/mol. The minimum Gasteiger partial charge on any atom is -0.481 e. The Morgan fingerprint density at radius 3 is 2.69 bits per heavy atom. The van der Waals surface area contributed by atoms with Gasteiger partial charge in [0.2, 0.25) is 0 Å². The largest absolute Gasteiger partial charge is 0.481 e. The van der Waals surface area contributed by atoms with Crippen LogP contribution in [-0.4, -0.2) is 23.9 Å². The molecule has 1 fully saturated rings. The predicted molar refractivity (Wildman–Crippen MR) is 62.4 cm³/mol. The molecule has 0 saturated heterocycles. The highest BCUT2D eigenvalue weighted by molar-refractivity contribution is 5.84. The maximum Gasteiger partial charge on any atom is 0.307 e.